The van der Waals surface area contributed by atoms with Gasteiger partial charge in [-0.15, -0.1) is 0 Å². The van der Waals surface area contributed by atoms with E-state index in [0.717, 1.165) is 12.8 Å². The molecule has 1 saturated heterocycles. The van der Waals surface area contributed by atoms with Crippen molar-refractivity contribution < 1.29 is 15.0 Å². The van der Waals surface area contributed by atoms with Crippen LogP contribution in [0.4, 0.5) is 0 Å². The Morgan fingerprint density at radius 1 is 1.32 bits per heavy atom. The lowest BCUT2D eigenvalue weighted by Gasteiger charge is -2.19. The van der Waals surface area contributed by atoms with Gasteiger partial charge in [0.15, 0.2) is 0 Å². The number of nitrogens with zero attached hydrogens (tertiary/aromatic N) is 1. The summed E-state index contributed by atoms with van der Waals surface area (Å²) in [7, 11) is 0. The minimum absolute atomic E-state index is 0.0742. The predicted molar refractivity (Wildman–Crippen MR) is 71.0 cm³/mol. The lowest BCUT2D eigenvalue weighted by atomic mass is 10.00. The summed E-state index contributed by atoms with van der Waals surface area (Å²) < 4.78 is 0. The Labute approximate surface area is 112 Å². The highest BCUT2D eigenvalue weighted by atomic mass is 16.3. The molecule has 102 valence electrons. The lowest BCUT2D eigenvalue weighted by Crippen LogP contribution is -2.31. The number of aromatic hydroxyl groups is 1. The van der Waals surface area contributed by atoms with Crippen molar-refractivity contribution in [2.45, 2.75) is 25.9 Å². The molecule has 0 spiro atoms. The van der Waals surface area contributed by atoms with E-state index in [4.69, 9.17) is 0 Å². The van der Waals surface area contributed by atoms with Crippen molar-refractivity contribution in [1.82, 2.24) is 4.90 Å². The zero-order valence-corrected chi connectivity index (χ0v) is 11.0. The van der Waals surface area contributed by atoms with Gasteiger partial charge in [0.05, 0.1) is 11.7 Å². The zero-order chi connectivity index (χ0) is 13.6. The second-order valence-electron chi connectivity index (χ2n) is 5.75. The first-order valence-electron chi connectivity index (χ1n) is 6.84. The number of aliphatic hydroxyl groups is 1. The van der Waals surface area contributed by atoms with Crippen LogP contribution in [-0.4, -0.2) is 40.2 Å². The van der Waals surface area contributed by atoms with E-state index in [1.165, 1.54) is 0 Å². The first kappa shape index (κ1) is 12.5. The third-order valence-electron chi connectivity index (χ3n) is 4.57. The number of fused-ring (bicyclic) bond motifs is 1. The largest absolute Gasteiger partial charge is 0.507 e. The normalized spacial score (nSPS) is 29.6. The van der Waals surface area contributed by atoms with Crippen LogP contribution in [0.5, 0.6) is 5.75 Å². The second-order valence-corrected chi connectivity index (χ2v) is 5.75. The first-order valence-corrected chi connectivity index (χ1v) is 6.84. The smallest absolute Gasteiger partial charge is 0.257 e. The van der Waals surface area contributed by atoms with Crippen LogP contribution in [0.2, 0.25) is 0 Å². The molecule has 19 heavy (non-hydrogen) atoms. The molecule has 0 aromatic heterocycles. The van der Waals surface area contributed by atoms with Crippen molar-refractivity contribution in [3.8, 4) is 5.75 Å². The first-order chi connectivity index (χ1) is 9.08. The van der Waals surface area contributed by atoms with Gasteiger partial charge in [0, 0.05) is 19.0 Å². The summed E-state index contributed by atoms with van der Waals surface area (Å²) in [6, 6.07) is 5.23. The fourth-order valence-corrected chi connectivity index (χ4v) is 3.40. The van der Waals surface area contributed by atoms with Gasteiger partial charge in [-0.1, -0.05) is 12.1 Å². The van der Waals surface area contributed by atoms with Crippen molar-refractivity contribution in [3.05, 3.63) is 29.3 Å². The number of phenols is 1. The van der Waals surface area contributed by atoms with Crippen LogP contribution in [0.15, 0.2) is 18.2 Å². The molecule has 0 radical (unpaired) electrons. The van der Waals surface area contributed by atoms with Gasteiger partial charge >= 0.3 is 0 Å². The maximum absolute atomic E-state index is 12.4. The fourth-order valence-electron chi connectivity index (χ4n) is 3.40. The maximum atomic E-state index is 12.4. The average Bonchev–Trinajstić information content (AvgIpc) is 2.95. The van der Waals surface area contributed by atoms with Crippen LogP contribution in [0.3, 0.4) is 0 Å². The summed E-state index contributed by atoms with van der Waals surface area (Å²) in [6.45, 7) is 3.10. The average molecular weight is 261 g/mol. The monoisotopic (exact) mass is 261 g/mol. The molecule has 2 N–H and O–H groups in total. The van der Waals surface area contributed by atoms with E-state index in [1.807, 2.05) is 0 Å². The molecule has 1 aromatic carbocycles. The summed E-state index contributed by atoms with van der Waals surface area (Å²) in [5.41, 5.74) is 1.08. The van der Waals surface area contributed by atoms with Crippen molar-refractivity contribution in [1.29, 1.82) is 0 Å². The number of aliphatic hydroxyl groups excluding tert-OH is 1. The molecular weight excluding hydrogens is 242 g/mol. The van der Waals surface area contributed by atoms with E-state index >= 15 is 0 Å². The number of aryl methyl sites for hydroxylation is 1. The van der Waals surface area contributed by atoms with Gasteiger partial charge in [0.25, 0.3) is 5.91 Å². The summed E-state index contributed by atoms with van der Waals surface area (Å²) in [5, 5.41) is 19.9. The summed E-state index contributed by atoms with van der Waals surface area (Å²) >= 11 is 0. The van der Waals surface area contributed by atoms with E-state index in [9.17, 15) is 15.0 Å². The molecule has 1 aliphatic carbocycles. The van der Waals surface area contributed by atoms with E-state index in [0.29, 0.717) is 30.1 Å². The predicted octanol–water partition coefficient (Wildman–Crippen LogP) is 1.54. The van der Waals surface area contributed by atoms with Crippen molar-refractivity contribution >= 4 is 5.91 Å². The number of para-hydroxylation sites is 1. The Balaban J connectivity index is 1.81. The van der Waals surface area contributed by atoms with E-state index in [2.05, 4.69) is 0 Å². The minimum atomic E-state index is -0.270. The zero-order valence-electron chi connectivity index (χ0n) is 11.0. The number of hydrogen-bond donors (Lipinski definition) is 2. The van der Waals surface area contributed by atoms with Crippen molar-refractivity contribution in [2.24, 2.45) is 11.8 Å². The van der Waals surface area contributed by atoms with Crippen LogP contribution in [0.1, 0.15) is 28.8 Å². The molecule has 3 unspecified atom stereocenters. The molecule has 1 aromatic rings. The molecule has 4 heteroatoms. The van der Waals surface area contributed by atoms with Crippen molar-refractivity contribution in [2.75, 3.05) is 13.1 Å². The van der Waals surface area contributed by atoms with E-state index in [1.54, 1.807) is 30.0 Å². The topological polar surface area (TPSA) is 60.8 Å². The SMILES string of the molecule is Cc1cccc(C(=O)N2CC3CCC(O)C3C2)c1O. The number of rotatable bonds is 1. The molecule has 1 amide bonds. The molecule has 2 fully saturated rings. The van der Waals surface area contributed by atoms with E-state index in [-0.39, 0.29) is 23.7 Å². The molecule has 0 bridgehead atoms. The number of hydrogen-bond acceptors (Lipinski definition) is 3. The van der Waals surface area contributed by atoms with Crippen molar-refractivity contribution in [3.63, 3.8) is 0 Å². The molecular formula is C15H19NO3. The molecule has 2 aliphatic rings. The van der Waals surface area contributed by atoms with E-state index < -0.39 is 0 Å². The summed E-state index contributed by atoms with van der Waals surface area (Å²) in [5.74, 6) is 0.592. The molecule has 3 rings (SSSR count). The molecule has 3 atom stereocenters. The third kappa shape index (κ3) is 2.00. The lowest BCUT2D eigenvalue weighted by molar-refractivity contribution is 0.0749. The molecule has 1 heterocycles. The number of carbonyl (C=O) groups excluding carboxylic acids is 1. The quantitative estimate of drug-likeness (QED) is 0.806. The van der Waals surface area contributed by atoms with Gasteiger partial charge in [0.2, 0.25) is 0 Å². The van der Waals surface area contributed by atoms with Crippen LogP contribution >= 0.6 is 0 Å². The summed E-state index contributed by atoms with van der Waals surface area (Å²) in [6.07, 6.45) is 1.58. The Morgan fingerprint density at radius 2 is 2.11 bits per heavy atom. The van der Waals surface area contributed by atoms with Gasteiger partial charge in [0.1, 0.15) is 5.75 Å². The Kier molecular flexibility index (Phi) is 2.97. The molecule has 4 nitrogen and oxygen atoms in total. The maximum Gasteiger partial charge on any atom is 0.257 e. The number of benzene rings is 1. The second kappa shape index (κ2) is 4.53. The van der Waals surface area contributed by atoms with Crippen LogP contribution in [-0.2, 0) is 0 Å². The van der Waals surface area contributed by atoms with Gasteiger partial charge in [-0.2, -0.15) is 0 Å². The Morgan fingerprint density at radius 3 is 2.84 bits per heavy atom. The fraction of sp³-hybridized carbons (Fsp3) is 0.533. The third-order valence-corrected chi connectivity index (χ3v) is 4.57. The van der Waals surface area contributed by atoms with Gasteiger partial charge in [-0.3, -0.25) is 4.79 Å². The highest BCUT2D eigenvalue weighted by Gasteiger charge is 2.43. The molecule has 1 aliphatic heterocycles. The number of likely N-dealkylation sites (tertiary alicyclic amines) is 1. The molecule has 1 saturated carbocycles. The van der Waals surface area contributed by atoms with Gasteiger partial charge in [-0.05, 0) is 37.3 Å². The van der Waals surface area contributed by atoms with Crippen LogP contribution in [0.25, 0.3) is 0 Å². The number of phenolic OH excluding ortho intramolecular Hbond substituents is 1. The Bertz CT molecular complexity index is 514. The van der Waals surface area contributed by atoms with Gasteiger partial charge in [-0.25, -0.2) is 0 Å². The highest BCUT2D eigenvalue weighted by Crippen LogP contribution is 2.39. The Hall–Kier alpha value is -1.55. The standard InChI is InChI=1S/C15H19NO3/c1-9-3-2-4-11(14(9)18)15(19)16-7-10-5-6-13(17)12(10)8-16/h2-4,10,12-13,17-18H,5-8H2,1H3. The highest BCUT2D eigenvalue weighted by molar-refractivity contribution is 5.97. The number of carbonyl (C=O) groups is 1. The van der Waals surface area contributed by atoms with Crippen LogP contribution in [0, 0.1) is 18.8 Å². The number of amides is 1. The van der Waals surface area contributed by atoms with Crippen LogP contribution < -0.4 is 0 Å². The summed E-state index contributed by atoms with van der Waals surface area (Å²) in [4.78, 5) is 14.2. The minimum Gasteiger partial charge on any atom is -0.507 e. The van der Waals surface area contributed by atoms with Gasteiger partial charge < -0.3 is 15.1 Å².